The summed E-state index contributed by atoms with van der Waals surface area (Å²) < 4.78 is 5.11. The number of methoxy groups -OCH3 is 1. The maximum atomic E-state index is 5.11. The fraction of sp³-hybridized carbons (Fsp3) is 0.727. The molecule has 1 saturated heterocycles. The molecule has 1 N–H and O–H groups in total. The SMILES string of the molecule is COCCNC1(c2nccs2)CCCSC1. The van der Waals surface area contributed by atoms with E-state index in [9.17, 15) is 0 Å². The molecule has 0 radical (unpaired) electrons. The summed E-state index contributed by atoms with van der Waals surface area (Å²) in [5, 5.41) is 6.94. The Morgan fingerprint density at radius 1 is 1.62 bits per heavy atom. The van der Waals surface area contributed by atoms with Crippen molar-refractivity contribution in [2.75, 3.05) is 31.8 Å². The van der Waals surface area contributed by atoms with Gasteiger partial charge in [0.25, 0.3) is 0 Å². The van der Waals surface area contributed by atoms with Crippen LogP contribution in [-0.4, -0.2) is 36.8 Å². The van der Waals surface area contributed by atoms with Crippen molar-refractivity contribution in [3.8, 4) is 0 Å². The summed E-state index contributed by atoms with van der Waals surface area (Å²) in [6.45, 7) is 1.66. The van der Waals surface area contributed by atoms with Crippen LogP contribution in [0.1, 0.15) is 17.8 Å². The average Bonchev–Trinajstić information content (AvgIpc) is 2.85. The van der Waals surface area contributed by atoms with Crippen LogP contribution in [0, 0.1) is 0 Å². The predicted octanol–water partition coefficient (Wildman–Crippen LogP) is 2.10. The molecule has 1 aromatic rings. The highest BCUT2D eigenvalue weighted by Crippen LogP contribution is 2.36. The van der Waals surface area contributed by atoms with Crippen LogP contribution < -0.4 is 5.32 Å². The number of thioether (sulfide) groups is 1. The third-order valence-electron chi connectivity index (χ3n) is 2.85. The highest BCUT2D eigenvalue weighted by atomic mass is 32.2. The Morgan fingerprint density at radius 3 is 3.19 bits per heavy atom. The van der Waals surface area contributed by atoms with E-state index in [-0.39, 0.29) is 5.54 Å². The first-order valence-corrected chi connectivity index (χ1v) is 7.62. The molecular formula is C11H18N2OS2. The second kappa shape index (κ2) is 6.00. The molecule has 0 saturated carbocycles. The van der Waals surface area contributed by atoms with Crippen LogP contribution in [0.3, 0.4) is 0 Å². The van der Waals surface area contributed by atoms with E-state index in [4.69, 9.17) is 4.74 Å². The zero-order valence-electron chi connectivity index (χ0n) is 9.57. The molecule has 1 aromatic heterocycles. The van der Waals surface area contributed by atoms with Crippen LogP contribution >= 0.6 is 23.1 Å². The second-order valence-electron chi connectivity index (χ2n) is 4.00. The van der Waals surface area contributed by atoms with E-state index in [1.54, 1.807) is 18.4 Å². The van der Waals surface area contributed by atoms with Gasteiger partial charge >= 0.3 is 0 Å². The van der Waals surface area contributed by atoms with E-state index in [0.717, 1.165) is 18.9 Å². The Labute approximate surface area is 105 Å². The smallest absolute Gasteiger partial charge is 0.113 e. The highest BCUT2D eigenvalue weighted by Gasteiger charge is 2.35. The molecule has 2 rings (SSSR count). The van der Waals surface area contributed by atoms with Crippen LogP contribution in [-0.2, 0) is 10.3 Å². The fourth-order valence-corrected chi connectivity index (χ4v) is 4.19. The van der Waals surface area contributed by atoms with Gasteiger partial charge in [0.1, 0.15) is 5.01 Å². The van der Waals surface area contributed by atoms with Gasteiger partial charge in [-0.2, -0.15) is 11.8 Å². The summed E-state index contributed by atoms with van der Waals surface area (Å²) in [7, 11) is 1.74. The summed E-state index contributed by atoms with van der Waals surface area (Å²) >= 11 is 3.78. The van der Waals surface area contributed by atoms with Gasteiger partial charge in [0, 0.05) is 31.0 Å². The first-order valence-electron chi connectivity index (χ1n) is 5.59. The third kappa shape index (κ3) is 2.77. The largest absolute Gasteiger partial charge is 0.383 e. The second-order valence-corrected chi connectivity index (χ2v) is 5.99. The summed E-state index contributed by atoms with van der Waals surface area (Å²) in [5.74, 6) is 2.41. The van der Waals surface area contributed by atoms with E-state index in [0.29, 0.717) is 0 Å². The molecule has 5 heteroatoms. The zero-order chi connectivity index (χ0) is 11.3. The monoisotopic (exact) mass is 258 g/mol. The van der Waals surface area contributed by atoms with E-state index >= 15 is 0 Å². The molecular weight excluding hydrogens is 240 g/mol. The molecule has 0 aliphatic carbocycles. The standard InChI is InChI=1S/C11H18N2OS2/c1-14-6-4-13-11(3-2-7-15-9-11)10-12-5-8-16-10/h5,8,13H,2-4,6-7,9H2,1H3. The lowest BCUT2D eigenvalue weighted by Crippen LogP contribution is -2.47. The summed E-state index contributed by atoms with van der Waals surface area (Å²) in [6.07, 6.45) is 4.36. The van der Waals surface area contributed by atoms with Crippen LogP contribution in [0.15, 0.2) is 11.6 Å². The average molecular weight is 258 g/mol. The van der Waals surface area contributed by atoms with E-state index < -0.39 is 0 Å². The number of nitrogens with zero attached hydrogens (tertiary/aromatic N) is 1. The van der Waals surface area contributed by atoms with Gasteiger partial charge in [0.2, 0.25) is 0 Å². The molecule has 90 valence electrons. The Kier molecular flexibility index (Phi) is 4.64. The van der Waals surface area contributed by atoms with Gasteiger partial charge in [-0.3, -0.25) is 0 Å². The molecule has 0 amide bonds. The lowest BCUT2D eigenvalue weighted by molar-refractivity contribution is 0.184. The van der Waals surface area contributed by atoms with Crippen LogP contribution in [0.2, 0.25) is 0 Å². The molecule has 1 fully saturated rings. The first kappa shape index (κ1) is 12.4. The summed E-state index contributed by atoms with van der Waals surface area (Å²) in [4.78, 5) is 4.49. The van der Waals surface area contributed by atoms with Crippen molar-refractivity contribution in [3.05, 3.63) is 16.6 Å². The molecule has 1 atom stereocenters. The molecule has 2 heterocycles. The lowest BCUT2D eigenvalue weighted by Gasteiger charge is -2.36. The quantitative estimate of drug-likeness (QED) is 0.820. The van der Waals surface area contributed by atoms with Gasteiger partial charge < -0.3 is 10.1 Å². The maximum Gasteiger partial charge on any atom is 0.113 e. The first-order chi connectivity index (χ1) is 7.87. The Morgan fingerprint density at radius 2 is 2.56 bits per heavy atom. The van der Waals surface area contributed by atoms with Crippen LogP contribution in [0.25, 0.3) is 0 Å². The highest BCUT2D eigenvalue weighted by molar-refractivity contribution is 7.99. The number of ether oxygens (including phenoxy) is 1. The van der Waals surface area contributed by atoms with Crippen LogP contribution in [0.5, 0.6) is 0 Å². The number of thiazole rings is 1. The number of hydrogen-bond acceptors (Lipinski definition) is 5. The minimum Gasteiger partial charge on any atom is -0.383 e. The molecule has 3 nitrogen and oxygen atoms in total. The molecule has 1 aliphatic rings. The minimum atomic E-state index is 0.0929. The number of hydrogen-bond donors (Lipinski definition) is 1. The molecule has 1 aliphatic heterocycles. The van der Waals surface area contributed by atoms with Crippen molar-refractivity contribution in [1.29, 1.82) is 0 Å². The summed E-state index contributed by atoms with van der Waals surface area (Å²) in [6, 6.07) is 0. The normalized spacial score (nSPS) is 25.8. The number of aromatic nitrogens is 1. The topological polar surface area (TPSA) is 34.1 Å². The Balaban J connectivity index is 2.06. The predicted molar refractivity (Wildman–Crippen MR) is 70.2 cm³/mol. The van der Waals surface area contributed by atoms with Crippen molar-refractivity contribution >= 4 is 23.1 Å². The lowest BCUT2D eigenvalue weighted by atomic mass is 9.96. The third-order valence-corrected chi connectivity index (χ3v) is 5.10. The zero-order valence-corrected chi connectivity index (χ0v) is 11.2. The van der Waals surface area contributed by atoms with Crippen LogP contribution in [0.4, 0.5) is 0 Å². The van der Waals surface area contributed by atoms with Crippen molar-refractivity contribution in [2.24, 2.45) is 0 Å². The molecule has 1 unspecified atom stereocenters. The number of nitrogens with one attached hydrogen (secondary N) is 1. The Hall–Kier alpha value is -0.100. The van der Waals surface area contributed by atoms with Crippen molar-refractivity contribution < 1.29 is 4.74 Å². The van der Waals surface area contributed by atoms with E-state index in [2.05, 4.69) is 15.7 Å². The van der Waals surface area contributed by atoms with Gasteiger partial charge in [0.15, 0.2) is 0 Å². The Bertz CT molecular complexity index is 297. The van der Waals surface area contributed by atoms with Crippen molar-refractivity contribution in [2.45, 2.75) is 18.4 Å². The summed E-state index contributed by atoms with van der Waals surface area (Å²) in [5.41, 5.74) is 0.0929. The molecule has 0 bridgehead atoms. The number of rotatable bonds is 5. The van der Waals surface area contributed by atoms with E-state index in [1.165, 1.54) is 23.6 Å². The van der Waals surface area contributed by atoms with Gasteiger partial charge in [-0.1, -0.05) is 0 Å². The van der Waals surface area contributed by atoms with E-state index in [1.807, 2.05) is 18.0 Å². The van der Waals surface area contributed by atoms with Gasteiger partial charge in [-0.05, 0) is 18.6 Å². The minimum absolute atomic E-state index is 0.0929. The maximum absolute atomic E-state index is 5.11. The van der Waals surface area contributed by atoms with Gasteiger partial charge in [-0.25, -0.2) is 4.98 Å². The van der Waals surface area contributed by atoms with Crippen molar-refractivity contribution in [1.82, 2.24) is 10.3 Å². The van der Waals surface area contributed by atoms with Gasteiger partial charge in [-0.15, -0.1) is 11.3 Å². The molecule has 16 heavy (non-hydrogen) atoms. The molecule has 0 aromatic carbocycles. The molecule has 0 spiro atoms. The van der Waals surface area contributed by atoms with Gasteiger partial charge in [0.05, 0.1) is 12.1 Å². The fourth-order valence-electron chi connectivity index (χ4n) is 2.03. The van der Waals surface area contributed by atoms with Crippen molar-refractivity contribution in [3.63, 3.8) is 0 Å².